The Kier molecular flexibility index (Phi) is 7.04. The number of benzene rings is 3. The molecular weight excluding hydrogens is 362 g/mol. The highest BCUT2D eigenvalue weighted by Crippen LogP contribution is 2.25. The zero-order valence-electron chi connectivity index (χ0n) is 16.9. The minimum absolute atomic E-state index is 0.178. The fourth-order valence-corrected chi connectivity index (χ4v) is 3.21. The lowest BCUT2D eigenvalue weighted by Crippen LogP contribution is -2.39. The fraction of sp³-hybridized carbons (Fsp3) is 0.240. The predicted octanol–water partition coefficient (Wildman–Crippen LogP) is 4.50. The summed E-state index contributed by atoms with van der Waals surface area (Å²) in [4.78, 5) is 14.7. The van der Waals surface area contributed by atoms with E-state index < -0.39 is 6.10 Å². The third-order valence-corrected chi connectivity index (χ3v) is 5.14. The van der Waals surface area contributed by atoms with Gasteiger partial charge in [0.25, 0.3) is 5.91 Å². The standard InChI is InChI=1S/C25H27NO3/c1-19(24(27)21-13-7-4-8-14-21)26(2)25(28)22-15-9-10-16-23(22)29-18-17-20-11-5-3-6-12-20/h3-16,19,24,27H,17-18H2,1-2H3. The van der Waals surface area contributed by atoms with Crippen molar-refractivity contribution >= 4 is 5.91 Å². The second-order valence-corrected chi connectivity index (χ2v) is 7.09. The van der Waals surface area contributed by atoms with E-state index >= 15 is 0 Å². The largest absolute Gasteiger partial charge is 0.492 e. The Balaban J connectivity index is 1.68. The van der Waals surface area contributed by atoms with Crippen LogP contribution in [0.5, 0.6) is 5.75 Å². The summed E-state index contributed by atoms with van der Waals surface area (Å²) in [5.74, 6) is 0.379. The number of nitrogens with zero attached hydrogens (tertiary/aromatic N) is 1. The van der Waals surface area contributed by atoms with Gasteiger partial charge in [0.2, 0.25) is 0 Å². The van der Waals surface area contributed by atoms with Crippen LogP contribution in [0.1, 0.15) is 34.5 Å². The van der Waals surface area contributed by atoms with Gasteiger partial charge in [-0.05, 0) is 30.2 Å². The minimum atomic E-state index is -0.767. The van der Waals surface area contributed by atoms with Crippen molar-refractivity contribution in [3.05, 3.63) is 102 Å². The number of likely N-dealkylation sites (N-methyl/N-ethyl adjacent to an activating group) is 1. The minimum Gasteiger partial charge on any atom is -0.492 e. The van der Waals surface area contributed by atoms with Gasteiger partial charge in [0, 0.05) is 13.5 Å². The van der Waals surface area contributed by atoms with Crippen LogP contribution in [-0.2, 0) is 6.42 Å². The van der Waals surface area contributed by atoms with Gasteiger partial charge in [0.1, 0.15) is 5.75 Å². The molecule has 29 heavy (non-hydrogen) atoms. The normalized spacial score (nSPS) is 12.8. The first-order valence-electron chi connectivity index (χ1n) is 9.84. The van der Waals surface area contributed by atoms with E-state index in [1.54, 1.807) is 18.0 Å². The number of aliphatic hydroxyl groups excluding tert-OH is 1. The molecule has 1 amide bonds. The van der Waals surface area contributed by atoms with E-state index in [0.29, 0.717) is 17.9 Å². The van der Waals surface area contributed by atoms with Crippen molar-refractivity contribution in [1.29, 1.82) is 0 Å². The van der Waals surface area contributed by atoms with Crippen molar-refractivity contribution < 1.29 is 14.6 Å². The van der Waals surface area contributed by atoms with Crippen LogP contribution in [-0.4, -0.2) is 35.6 Å². The van der Waals surface area contributed by atoms with Crippen molar-refractivity contribution in [2.75, 3.05) is 13.7 Å². The van der Waals surface area contributed by atoms with Crippen LogP contribution < -0.4 is 4.74 Å². The molecule has 0 spiro atoms. The van der Waals surface area contributed by atoms with Gasteiger partial charge >= 0.3 is 0 Å². The quantitative estimate of drug-likeness (QED) is 0.617. The maximum Gasteiger partial charge on any atom is 0.257 e. The van der Waals surface area contributed by atoms with Crippen LogP contribution >= 0.6 is 0 Å². The molecule has 4 heteroatoms. The summed E-state index contributed by atoms with van der Waals surface area (Å²) < 4.78 is 5.93. The zero-order chi connectivity index (χ0) is 20.6. The SMILES string of the molecule is CC(C(O)c1ccccc1)N(C)C(=O)c1ccccc1OCCc1ccccc1. The number of ether oxygens (including phenoxy) is 1. The molecule has 0 aliphatic heterocycles. The van der Waals surface area contributed by atoms with Gasteiger partial charge in [-0.1, -0.05) is 72.8 Å². The summed E-state index contributed by atoms with van der Waals surface area (Å²) in [6.45, 7) is 2.33. The number of hydrogen-bond acceptors (Lipinski definition) is 3. The topological polar surface area (TPSA) is 49.8 Å². The molecule has 1 N–H and O–H groups in total. The second kappa shape index (κ2) is 9.89. The van der Waals surface area contributed by atoms with E-state index in [-0.39, 0.29) is 11.9 Å². The monoisotopic (exact) mass is 389 g/mol. The Morgan fingerprint density at radius 1 is 0.931 bits per heavy atom. The Hall–Kier alpha value is -3.11. The molecule has 0 saturated carbocycles. The maximum atomic E-state index is 13.1. The van der Waals surface area contributed by atoms with E-state index in [9.17, 15) is 9.90 Å². The van der Waals surface area contributed by atoms with Crippen molar-refractivity contribution in [1.82, 2.24) is 4.90 Å². The number of para-hydroxylation sites is 1. The lowest BCUT2D eigenvalue weighted by molar-refractivity contribution is 0.0483. The molecule has 0 aliphatic rings. The van der Waals surface area contributed by atoms with Crippen molar-refractivity contribution in [2.45, 2.75) is 25.5 Å². The van der Waals surface area contributed by atoms with Crippen LogP contribution in [0.2, 0.25) is 0 Å². The number of aliphatic hydroxyl groups is 1. The van der Waals surface area contributed by atoms with E-state index in [2.05, 4.69) is 12.1 Å². The lowest BCUT2D eigenvalue weighted by Gasteiger charge is -2.29. The van der Waals surface area contributed by atoms with Crippen LogP contribution in [0.3, 0.4) is 0 Å². The average molecular weight is 389 g/mol. The summed E-state index contributed by atoms with van der Waals surface area (Å²) in [7, 11) is 1.71. The molecule has 150 valence electrons. The van der Waals surface area contributed by atoms with Gasteiger partial charge in [0.15, 0.2) is 0 Å². The molecular formula is C25H27NO3. The van der Waals surface area contributed by atoms with E-state index in [4.69, 9.17) is 4.74 Å². The summed E-state index contributed by atoms with van der Waals surface area (Å²) >= 11 is 0. The molecule has 3 aromatic rings. The number of rotatable bonds is 8. The van der Waals surface area contributed by atoms with E-state index in [1.165, 1.54) is 5.56 Å². The van der Waals surface area contributed by atoms with Gasteiger partial charge in [-0.15, -0.1) is 0 Å². The van der Waals surface area contributed by atoms with Crippen LogP contribution in [0.25, 0.3) is 0 Å². The molecule has 2 unspecified atom stereocenters. The van der Waals surface area contributed by atoms with Gasteiger partial charge in [0.05, 0.1) is 24.3 Å². The Bertz CT molecular complexity index is 912. The predicted molar refractivity (Wildman–Crippen MR) is 115 cm³/mol. The number of amides is 1. The third kappa shape index (κ3) is 5.24. The third-order valence-electron chi connectivity index (χ3n) is 5.14. The zero-order valence-corrected chi connectivity index (χ0v) is 16.9. The molecule has 3 aromatic carbocycles. The van der Waals surface area contributed by atoms with Crippen molar-refractivity contribution in [3.8, 4) is 5.75 Å². The first-order valence-corrected chi connectivity index (χ1v) is 9.84. The first kappa shape index (κ1) is 20.6. The molecule has 0 heterocycles. The number of carbonyl (C=O) groups is 1. The first-order chi connectivity index (χ1) is 14.1. The van der Waals surface area contributed by atoms with E-state index in [1.807, 2.05) is 73.7 Å². The molecule has 4 nitrogen and oxygen atoms in total. The molecule has 0 bridgehead atoms. The molecule has 0 aromatic heterocycles. The van der Waals surface area contributed by atoms with Gasteiger partial charge < -0.3 is 14.7 Å². The second-order valence-electron chi connectivity index (χ2n) is 7.09. The molecule has 0 fully saturated rings. The average Bonchev–Trinajstić information content (AvgIpc) is 2.78. The molecule has 0 saturated heterocycles. The fourth-order valence-electron chi connectivity index (χ4n) is 3.21. The Morgan fingerprint density at radius 3 is 2.21 bits per heavy atom. The summed E-state index contributed by atoms with van der Waals surface area (Å²) in [5.41, 5.74) is 2.47. The summed E-state index contributed by atoms with van der Waals surface area (Å²) in [6.07, 6.45) is -0.00111. The van der Waals surface area contributed by atoms with Crippen LogP contribution in [0.15, 0.2) is 84.9 Å². The van der Waals surface area contributed by atoms with Gasteiger partial charge in [-0.3, -0.25) is 4.79 Å². The molecule has 2 atom stereocenters. The van der Waals surface area contributed by atoms with Gasteiger partial charge in [-0.25, -0.2) is 0 Å². The summed E-state index contributed by atoms with van der Waals surface area (Å²) in [5, 5.41) is 10.7. The Labute approximate surface area is 172 Å². The highest BCUT2D eigenvalue weighted by atomic mass is 16.5. The maximum absolute atomic E-state index is 13.1. The van der Waals surface area contributed by atoms with Crippen molar-refractivity contribution in [2.24, 2.45) is 0 Å². The smallest absolute Gasteiger partial charge is 0.257 e. The lowest BCUT2D eigenvalue weighted by atomic mass is 10.0. The molecule has 3 rings (SSSR count). The van der Waals surface area contributed by atoms with Crippen molar-refractivity contribution in [3.63, 3.8) is 0 Å². The van der Waals surface area contributed by atoms with Gasteiger partial charge in [-0.2, -0.15) is 0 Å². The molecule has 0 radical (unpaired) electrons. The highest BCUT2D eigenvalue weighted by molar-refractivity contribution is 5.97. The number of carbonyl (C=O) groups excluding carboxylic acids is 1. The van der Waals surface area contributed by atoms with Crippen LogP contribution in [0, 0.1) is 0 Å². The highest BCUT2D eigenvalue weighted by Gasteiger charge is 2.26. The van der Waals surface area contributed by atoms with Crippen LogP contribution in [0.4, 0.5) is 0 Å². The number of hydrogen-bond donors (Lipinski definition) is 1. The summed E-state index contributed by atoms with van der Waals surface area (Å²) in [6, 6.07) is 26.3. The Morgan fingerprint density at radius 2 is 1.52 bits per heavy atom. The van der Waals surface area contributed by atoms with E-state index in [0.717, 1.165) is 12.0 Å². The molecule has 0 aliphatic carbocycles.